The third-order valence-corrected chi connectivity index (χ3v) is 9.67. The minimum atomic E-state index is -3.80. The number of ketones is 1. The number of benzene rings is 2. The lowest BCUT2D eigenvalue weighted by Crippen LogP contribution is -2.46. The Balaban J connectivity index is 1.33. The molecule has 9 heteroatoms. The smallest absolute Gasteiger partial charge is 0.263 e. The number of hydrogen-bond acceptors (Lipinski definition) is 6. The quantitative estimate of drug-likeness (QED) is 0.577. The van der Waals surface area contributed by atoms with E-state index in [2.05, 4.69) is 9.71 Å². The van der Waals surface area contributed by atoms with Crippen molar-refractivity contribution in [2.24, 2.45) is 17.8 Å². The van der Waals surface area contributed by atoms with Crippen LogP contribution in [0.4, 0.5) is 5.13 Å². The van der Waals surface area contributed by atoms with Crippen LogP contribution in [0.2, 0.25) is 0 Å². The number of fused-ring (bicyclic) bond motifs is 1. The van der Waals surface area contributed by atoms with Crippen LogP contribution in [0.3, 0.4) is 0 Å². The van der Waals surface area contributed by atoms with Gasteiger partial charge in [-0.1, -0.05) is 30.3 Å². The molecule has 174 valence electrons. The number of anilines is 1. The Morgan fingerprint density at radius 2 is 1.82 bits per heavy atom. The molecule has 34 heavy (non-hydrogen) atoms. The highest BCUT2D eigenvalue weighted by atomic mass is 32.2. The van der Waals surface area contributed by atoms with E-state index in [1.54, 1.807) is 17.5 Å². The molecule has 1 aromatic heterocycles. The number of Topliss-reactive ketones (excluding diaryl/α,β-unsaturated/α-hetero) is 1. The number of thiazole rings is 1. The van der Waals surface area contributed by atoms with Gasteiger partial charge in [0.15, 0.2) is 5.13 Å². The van der Waals surface area contributed by atoms with Crippen LogP contribution < -0.4 is 4.72 Å². The van der Waals surface area contributed by atoms with Crippen LogP contribution in [-0.2, 0) is 14.8 Å². The monoisotopic (exact) mass is 493 g/mol. The molecule has 4 aliphatic rings. The van der Waals surface area contributed by atoms with Crippen molar-refractivity contribution in [1.29, 1.82) is 0 Å². The third kappa shape index (κ3) is 3.37. The van der Waals surface area contributed by atoms with Gasteiger partial charge in [-0.05, 0) is 55.0 Å². The summed E-state index contributed by atoms with van der Waals surface area (Å²) >= 11 is 1.19. The molecule has 1 unspecified atom stereocenters. The lowest BCUT2D eigenvalue weighted by atomic mass is 9.62. The molecule has 2 heterocycles. The first-order chi connectivity index (χ1) is 16.4. The summed E-state index contributed by atoms with van der Waals surface area (Å²) in [7, 11) is -3.80. The van der Waals surface area contributed by atoms with Crippen molar-refractivity contribution >= 4 is 38.2 Å². The van der Waals surface area contributed by atoms with E-state index < -0.39 is 10.0 Å². The number of rotatable bonds is 5. The van der Waals surface area contributed by atoms with E-state index >= 15 is 0 Å². The maximum Gasteiger partial charge on any atom is 0.263 e. The van der Waals surface area contributed by atoms with Gasteiger partial charge in [-0.3, -0.25) is 14.3 Å². The van der Waals surface area contributed by atoms with E-state index in [4.69, 9.17) is 0 Å². The summed E-state index contributed by atoms with van der Waals surface area (Å²) in [5.41, 5.74) is 1.40. The SMILES string of the molecule is O=C1[C@@H]2CC[C@@H]3[C@H]1C(c1ccccc1)N(C(=O)c1ccc(S(=O)(=O)Nc4nccs4)cc1)[C@H]3C2. The first-order valence-electron chi connectivity index (χ1n) is 11.4. The van der Waals surface area contributed by atoms with Crippen molar-refractivity contribution in [2.45, 2.75) is 36.2 Å². The second kappa shape index (κ2) is 8.02. The number of nitrogens with one attached hydrogen (secondary N) is 1. The van der Waals surface area contributed by atoms with Crippen molar-refractivity contribution < 1.29 is 18.0 Å². The fourth-order valence-corrected chi connectivity index (χ4v) is 7.88. The molecule has 2 aromatic carbocycles. The highest BCUT2D eigenvalue weighted by Crippen LogP contribution is 2.57. The standard InChI is InChI=1S/C25H23N3O4S2/c29-23-17-8-11-19-20(14-17)28(22(21(19)23)15-4-2-1-3-5-15)24(30)16-6-9-18(10-7-16)34(31,32)27-25-26-12-13-33-25/h1-7,9-10,12-13,17,19-22H,8,11,14H2,(H,26,27)/t17-,19+,20+,21+,22?/m1/s1. The van der Waals surface area contributed by atoms with Gasteiger partial charge in [0.05, 0.1) is 10.9 Å². The summed E-state index contributed by atoms with van der Waals surface area (Å²) in [6.07, 6.45) is 4.13. The predicted octanol–water partition coefficient (Wildman–Crippen LogP) is 4.12. The van der Waals surface area contributed by atoms with Crippen molar-refractivity contribution in [3.8, 4) is 0 Å². The number of carbonyl (C=O) groups excluding carboxylic acids is 2. The predicted molar refractivity (Wildman–Crippen MR) is 128 cm³/mol. The summed E-state index contributed by atoms with van der Waals surface area (Å²) in [4.78, 5) is 33.0. The van der Waals surface area contributed by atoms with E-state index in [1.807, 2.05) is 35.2 Å². The highest BCUT2D eigenvalue weighted by molar-refractivity contribution is 7.93. The largest absolute Gasteiger partial charge is 0.328 e. The number of hydrogen-bond donors (Lipinski definition) is 1. The van der Waals surface area contributed by atoms with Crippen LogP contribution in [0.1, 0.15) is 41.2 Å². The van der Waals surface area contributed by atoms with Crippen molar-refractivity contribution in [3.63, 3.8) is 0 Å². The van der Waals surface area contributed by atoms with Gasteiger partial charge < -0.3 is 4.90 Å². The average Bonchev–Trinajstić information content (AvgIpc) is 3.46. The average molecular weight is 494 g/mol. The summed E-state index contributed by atoms with van der Waals surface area (Å²) in [6, 6.07) is 15.6. The molecule has 1 aliphatic heterocycles. The number of likely N-dealkylation sites (tertiary alicyclic amines) is 1. The zero-order chi connectivity index (χ0) is 23.4. The normalized spacial score (nSPS) is 27.7. The Morgan fingerprint density at radius 3 is 2.53 bits per heavy atom. The van der Waals surface area contributed by atoms with E-state index in [0.29, 0.717) is 11.3 Å². The molecule has 1 saturated heterocycles. The Kier molecular flexibility index (Phi) is 5.07. The van der Waals surface area contributed by atoms with Gasteiger partial charge in [-0.15, -0.1) is 11.3 Å². The van der Waals surface area contributed by atoms with E-state index in [-0.39, 0.29) is 45.8 Å². The van der Waals surface area contributed by atoms with Crippen LogP contribution in [0.25, 0.3) is 0 Å². The lowest BCUT2D eigenvalue weighted by molar-refractivity contribution is -0.134. The van der Waals surface area contributed by atoms with Gasteiger partial charge >= 0.3 is 0 Å². The summed E-state index contributed by atoms with van der Waals surface area (Å²) in [5.74, 6) is 0.207. The van der Waals surface area contributed by atoms with E-state index in [0.717, 1.165) is 24.8 Å². The number of nitrogens with zero attached hydrogens (tertiary/aromatic N) is 2. The van der Waals surface area contributed by atoms with Crippen molar-refractivity contribution in [2.75, 3.05) is 4.72 Å². The van der Waals surface area contributed by atoms with Crippen LogP contribution >= 0.6 is 11.3 Å². The molecular weight excluding hydrogens is 470 g/mol. The first-order valence-corrected chi connectivity index (χ1v) is 13.7. The second-order valence-electron chi connectivity index (χ2n) is 9.20. The van der Waals surface area contributed by atoms with Crippen LogP contribution in [0.15, 0.2) is 71.1 Å². The third-order valence-electron chi connectivity index (χ3n) is 7.50. The maximum absolute atomic E-state index is 13.8. The van der Waals surface area contributed by atoms with Gasteiger partial charge in [-0.2, -0.15) is 0 Å². The Hall–Kier alpha value is -3.04. The lowest BCUT2D eigenvalue weighted by Gasteiger charge is -2.40. The number of amides is 1. The number of aromatic nitrogens is 1. The molecule has 5 atom stereocenters. The molecule has 4 bridgehead atoms. The fourth-order valence-electron chi connectivity index (χ4n) is 6.09. The van der Waals surface area contributed by atoms with E-state index in [9.17, 15) is 18.0 Å². The molecule has 7 nitrogen and oxygen atoms in total. The van der Waals surface area contributed by atoms with Crippen molar-refractivity contribution in [1.82, 2.24) is 9.88 Å². The van der Waals surface area contributed by atoms with Gasteiger partial charge in [0.2, 0.25) is 0 Å². The fraction of sp³-hybridized carbons (Fsp3) is 0.320. The zero-order valence-electron chi connectivity index (χ0n) is 18.2. The summed E-state index contributed by atoms with van der Waals surface area (Å²) in [6.45, 7) is 0. The first kappa shape index (κ1) is 21.5. The topological polar surface area (TPSA) is 96.4 Å². The highest BCUT2D eigenvalue weighted by Gasteiger charge is 2.61. The Morgan fingerprint density at radius 1 is 1.06 bits per heavy atom. The van der Waals surface area contributed by atoms with Gasteiger partial charge in [0.1, 0.15) is 5.78 Å². The van der Waals surface area contributed by atoms with Gasteiger partial charge in [-0.25, -0.2) is 13.4 Å². The van der Waals surface area contributed by atoms with E-state index in [1.165, 1.54) is 29.7 Å². The van der Waals surface area contributed by atoms with Crippen LogP contribution in [0.5, 0.6) is 0 Å². The molecule has 3 aliphatic carbocycles. The minimum absolute atomic E-state index is 0.0356. The Labute approximate surface area is 201 Å². The molecule has 1 amide bonds. The maximum atomic E-state index is 13.8. The zero-order valence-corrected chi connectivity index (χ0v) is 19.8. The number of sulfonamides is 1. The molecule has 0 spiro atoms. The molecule has 3 saturated carbocycles. The van der Waals surface area contributed by atoms with Gasteiger partial charge in [0.25, 0.3) is 15.9 Å². The summed E-state index contributed by atoms with van der Waals surface area (Å²) in [5, 5.41) is 1.97. The van der Waals surface area contributed by atoms with Crippen LogP contribution in [-0.4, -0.2) is 36.0 Å². The minimum Gasteiger partial charge on any atom is -0.328 e. The molecule has 1 N–H and O–H groups in total. The molecule has 3 aromatic rings. The molecular formula is C25H23N3O4S2. The second-order valence-corrected chi connectivity index (χ2v) is 11.8. The number of carbonyl (C=O) groups is 2. The van der Waals surface area contributed by atoms with Crippen LogP contribution in [0, 0.1) is 17.8 Å². The molecule has 0 radical (unpaired) electrons. The molecule has 7 rings (SSSR count). The van der Waals surface area contributed by atoms with Crippen molar-refractivity contribution in [3.05, 3.63) is 77.3 Å². The molecule has 4 fully saturated rings. The summed E-state index contributed by atoms with van der Waals surface area (Å²) < 4.78 is 27.8. The Bertz CT molecular complexity index is 1340. The van der Waals surface area contributed by atoms with Gasteiger partial charge in [0, 0.05) is 35.0 Å².